The summed E-state index contributed by atoms with van der Waals surface area (Å²) in [5, 5.41) is 2.60. The van der Waals surface area contributed by atoms with Crippen molar-refractivity contribution < 1.29 is 13.2 Å². The Kier molecular flexibility index (Phi) is 4.82. The van der Waals surface area contributed by atoms with Gasteiger partial charge in [-0.3, -0.25) is 0 Å². The molecule has 0 aromatic heterocycles. The minimum atomic E-state index is -3.87. The monoisotopic (exact) mass is 318 g/mol. The third-order valence-corrected chi connectivity index (χ3v) is 4.55. The van der Waals surface area contributed by atoms with Gasteiger partial charge in [-0.05, 0) is 31.5 Å². The normalized spacial score (nSPS) is 12.5. The lowest BCUT2D eigenvalue weighted by molar-refractivity contribution is 0.243. The van der Waals surface area contributed by atoms with Gasteiger partial charge in [0.05, 0.1) is 10.9 Å². The smallest absolute Gasteiger partial charge is 0.329 e. The summed E-state index contributed by atoms with van der Waals surface area (Å²) in [7, 11) is -3.87. The molecule has 116 valence electrons. The highest BCUT2D eigenvalue weighted by Gasteiger charge is 2.18. The van der Waals surface area contributed by atoms with Gasteiger partial charge in [0.15, 0.2) is 0 Å². The molecule has 5 nitrogen and oxygen atoms in total. The first-order chi connectivity index (χ1) is 10.4. The molecule has 0 unspecified atom stereocenters. The average molecular weight is 318 g/mol. The second kappa shape index (κ2) is 6.62. The Bertz CT molecular complexity index is 741. The van der Waals surface area contributed by atoms with Gasteiger partial charge < -0.3 is 5.32 Å². The fraction of sp³-hybridized carbons (Fsp3) is 0.188. The predicted molar refractivity (Wildman–Crippen MR) is 84.9 cm³/mol. The van der Waals surface area contributed by atoms with Crippen LogP contribution in [0.15, 0.2) is 59.5 Å². The van der Waals surface area contributed by atoms with Gasteiger partial charge in [-0.15, -0.1) is 0 Å². The van der Waals surface area contributed by atoms with E-state index in [0.717, 1.165) is 11.1 Å². The van der Waals surface area contributed by atoms with Crippen LogP contribution in [0.25, 0.3) is 0 Å². The molecule has 0 saturated heterocycles. The van der Waals surface area contributed by atoms with Crippen LogP contribution in [0.1, 0.15) is 24.1 Å². The Labute approximate surface area is 130 Å². The van der Waals surface area contributed by atoms with E-state index in [1.165, 1.54) is 12.1 Å². The van der Waals surface area contributed by atoms with Crippen LogP contribution in [0, 0.1) is 6.92 Å². The molecule has 0 saturated carbocycles. The lowest BCUT2D eigenvalue weighted by Crippen LogP contribution is -2.40. The zero-order valence-electron chi connectivity index (χ0n) is 12.4. The summed E-state index contributed by atoms with van der Waals surface area (Å²) in [6.07, 6.45) is 0. The number of aryl methyl sites for hydroxylation is 1. The SMILES string of the molecule is Cc1ccc(S(=O)(=O)NC(=O)N[C@H](C)c2ccccc2)cc1. The molecular formula is C16H18N2O3S. The van der Waals surface area contributed by atoms with Crippen LogP contribution in [0.4, 0.5) is 4.79 Å². The van der Waals surface area contributed by atoms with Crippen molar-refractivity contribution in [1.82, 2.24) is 10.0 Å². The minimum absolute atomic E-state index is 0.0561. The summed E-state index contributed by atoms with van der Waals surface area (Å²) >= 11 is 0. The van der Waals surface area contributed by atoms with E-state index in [2.05, 4.69) is 5.32 Å². The summed E-state index contributed by atoms with van der Waals surface area (Å²) in [6.45, 7) is 3.64. The standard InChI is InChI=1S/C16H18N2O3S/c1-12-8-10-15(11-9-12)22(20,21)18-16(19)17-13(2)14-6-4-3-5-7-14/h3-11,13H,1-2H3,(H2,17,18,19)/t13-/m1/s1. The molecule has 2 N–H and O–H groups in total. The Morgan fingerprint density at radius 1 is 1.00 bits per heavy atom. The number of hydrogen-bond acceptors (Lipinski definition) is 3. The van der Waals surface area contributed by atoms with Crippen LogP contribution in [0.2, 0.25) is 0 Å². The van der Waals surface area contributed by atoms with E-state index in [1.54, 1.807) is 19.1 Å². The molecule has 0 aliphatic carbocycles. The molecule has 2 amide bonds. The average Bonchev–Trinajstić information content (AvgIpc) is 2.48. The number of carbonyl (C=O) groups excluding carboxylic acids is 1. The van der Waals surface area contributed by atoms with E-state index in [4.69, 9.17) is 0 Å². The second-order valence-corrected chi connectivity index (χ2v) is 6.71. The van der Waals surface area contributed by atoms with E-state index in [1.807, 2.05) is 42.0 Å². The first kappa shape index (κ1) is 16.0. The van der Waals surface area contributed by atoms with Crippen molar-refractivity contribution in [2.75, 3.05) is 0 Å². The quantitative estimate of drug-likeness (QED) is 0.910. The summed E-state index contributed by atoms with van der Waals surface area (Å²) in [5.74, 6) is 0. The number of rotatable bonds is 4. The van der Waals surface area contributed by atoms with Gasteiger partial charge in [0.1, 0.15) is 0 Å². The number of carbonyl (C=O) groups is 1. The molecule has 1 atom stereocenters. The van der Waals surface area contributed by atoms with Crippen molar-refractivity contribution in [1.29, 1.82) is 0 Å². The number of urea groups is 1. The summed E-state index contributed by atoms with van der Waals surface area (Å²) in [6, 6.07) is 14.5. The molecular weight excluding hydrogens is 300 g/mol. The Hall–Kier alpha value is -2.34. The maximum absolute atomic E-state index is 12.1. The lowest BCUT2D eigenvalue weighted by atomic mass is 10.1. The summed E-state index contributed by atoms with van der Waals surface area (Å²) in [5.41, 5.74) is 1.84. The first-order valence-electron chi connectivity index (χ1n) is 6.83. The highest BCUT2D eigenvalue weighted by Crippen LogP contribution is 2.12. The molecule has 0 radical (unpaired) electrons. The third-order valence-electron chi connectivity index (χ3n) is 3.21. The Balaban J connectivity index is 2.03. The van der Waals surface area contributed by atoms with Crippen molar-refractivity contribution in [3.63, 3.8) is 0 Å². The molecule has 22 heavy (non-hydrogen) atoms. The van der Waals surface area contributed by atoms with E-state index in [0.29, 0.717) is 0 Å². The Morgan fingerprint density at radius 3 is 2.18 bits per heavy atom. The van der Waals surface area contributed by atoms with Crippen LogP contribution >= 0.6 is 0 Å². The van der Waals surface area contributed by atoms with Crippen molar-refractivity contribution in [3.8, 4) is 0 Å². The van der Waals surface area contributed by atoms with Gasteiger partial charge in [-0.25, -0.2) is 17.9 Å². The summed E-state index contributed by atoms with van der Waals surface area (Å²) < 4.78 is 26.2. The molecule has 6 heteroatoms. The fourth-order valence-electron chi connectivity index (χ4n) is 1.95. The number of benzene rings is 2. The van der Waals surface area contributed by atoms with Crippen LogP contribution < -0.4 is 10.0 Å². The number of sulfonamides is 1. The molecule has 0 bridgehead atoms. The van der Waals surface area contributed by atoms with Crippen LogP contribution in [0.3, 0.4) is 0 Å². The van der Waals surface area contributed by atoms with Crippen LogP contribution in [0.5, 0.6) is 0 Å². The van der Waals surface area contributed by atoms with Gasteiger partial charge in [-0.1, -0.05) is 48.0 Å². The maximum atomic E-state index is 12.1. The second-order valence-electron chi connectivity index (χ2n) is 5.02. The molecule has 0 spiro atoms. The minimum Gasteiger partial charge on any atom is -0.331 e. The van der Waals surface area contributed by atoms with Crippen LogP contribution in [-0.4, -0.2) is 14.4 Å². The molecule has 0 aliphatic heterocycles. The molecule has 2 rings (SSSR count). The number of nitrogens with one attached hydrogen (secondary N) is 2. The van der Waals surface area contributed by atoms with Crippen molar-refractivity contribution >= 4 is 16.1 Å². The number of amides is 2. The molecule has 2 aromatic carbocycles. The van der Waals surface area contributed by atoms with E-state index in [9.17, 15) is 13.2 Å². The van der Waals surface area contributed by atoms with Gasteiger partial charge in [-0.2, -0.15) is 0 Å². The predicted octanol–water partition coefficient (Wildman–Crippen LogP) is 2.74. The highest BCUT2D eigenvalue weighted by atomic mass is 32.2. The van der Waals surface area contributed by atoms with Crippen molar-refractivity contribution in [2.45, 2.75) is 24.8 Å². The van der Waals surface area contributed by atoms with E-state index in [-0.39, 0.29) is 10.9 Å². The topological polar surface area (TPSA) is 75.3 Å². The van der Waals surface area contributed by atoms with Crippen molar-refractivity contribution in [3.05, 3.63) is 65.7 Å². The van der Waals surface area contributed by atoms with Crippen LogP contribution in [-0.2, 0) is 10.0 Å². The molecule has 0 heterocycles. The maximum Gasteiger partial charge on any atom is 0.329 e. The molecule has 2 aromatic rings. The van der Waals surface area contributed by atoms with Gasteiger partial charge >= 0.3 is 6.03 Å². The van der Waals surface area contributed by atoms with Gasteiger partial charge in [0.25, 0.3) is 10.0 Å². The number of hydrogen-bond donors (Lipinski definition) is 2. The lowest BCUT2D eigenvalue weighted by Gasteiger charge is -2.15. The van der Waals surface area contributed by atoms with Gasteiger partial charge in [0, 0.05) is 0 Å². The molecule has 0 aliphatic rings. The molecule has 0 fully saturated rings. The largest absolute Gasteiger partial charge is 0.331 e. The van der Waals surface area contributed by atoms with E-state index < -0.39 is 16.1 Å². The van der Waals surface area contributed by atoms with E-state index >= 15 is 0 Å². The highest BCUT2D eigenvalue weighted by molar-refractivity contribution is 7.90. The van der Waals surface area contributed by atoms with Gasteiger partial charge in [0.2, 0.25) is 0 Å². The fourth-order valence-corrected chi connectivity index (χ4v) is 2.86. The third kappa shape index (κ3) is 4.08. The first-order valence-corrected chi connectivity index (χ1v) is 8.32. The van der Waals surface area contributed by atoms with Crippen molar-refractivity contribution in [2.24, 2.45) is 0 Å². The summed E-state index contributed by atoms with van der Waals surface area (Å²) in [4.78, 5) is 11.9. The Morgan fingerprint density at radius 2 is 1.59 bits per heavy atom. The zero-order chi connectivity index (χ0) is 16.2. The zero-order valence-corrected chi connectivity index (χ0v) is 13.2.